The minimum Gasteiger partial charge on any atom is -0.466 e. The van der Waals surface area contributed by atoms with Crippen LogP contribution < -0.4 is 5.32 Å². The maximum absolute atomic E-state index is 12.5. The van der Waals surface area contributed by atoms with E-state index in [-0.39, 0.29) is 18.5 Å². The normalized spacial score (nSPS) is 12.9. The van der Waals surface area contributed by atoms with Crippen molar-refractivity contribution in [3.05, 3.63) is 48.6 Å². The third-order valence-corrected chi connectivity index (χ3v) is 15.0. The molecule has 0 bridgehead atoms. The molecule has 2 unspecified atom stereocenters. The van der Waals surface area contributed by atoms with Gasteiger partial charge in [0.05, 0.1) is 25.4 Å². The lowest BCUT2D eigenvalue weighted by atomic mass is 10.0. The van der Waals surface area contributed by atoms with E-state index in [0.29, 0.717) is 19.4 Å². The average Bonchev–Trinajstić information content (AvgIpc) is 3.40. The van der Waals surface area contributed by atoms with E-state index in [1.807, 2.05) is 6.08 Å². The first-order chi connectivity index (χ1) is 36.5. The fraction of sp³-hybridized carbons (Fsp3) is 0.853. The van der Waals surface area contributed by atoms with Gasteiger partial charge in [-0.25, -0.2) is 0 Å². The van der Waals surface area contributed by atoms with E-state index in [1.165, 1.54) is 270 Å². The Kier molecular flexibility index (Phi) is 61.5. The molecule has 6 heteroatoms. The molecule has 0 saturated heterocycles. The largest absolute Gasteiger partial charge is 0.466 e. The van der Waals surface area contributed by atoms with Crippen LogP contribution in [0, 0.1) is 0 Å². The van der Waals surface area contributed by atoms with Crippen LogP contribution in [0.1, 0.15) is 348 Å². The average molecular weight is 1040 g/mol. The van der Waals surface area contributed by atoms with Gasteiger partial charge in [-0.2, -0.15) is 0 Å². The minimum atomic E-state index is -0.847. The summed E-state index contributed by atoms with van der Waals surface area (Å²) >= 11 is 0. The molecule has 0 aromatic rings. The number of hydrogen-bond donors (Lipinski definition) is 3. The molecule has 2 atom stereocenters. The summed E-state index contributed by atoms with van der Waals surface area (Å²) < 4.78 is 5.47. The molecule has 3 N–H and O–H groups in total. The number of unbranched alkanes of at least 4 members (excludes halogenated alkanes) is 44. The maximum atomic E-state index is 12.5. The molecule has 1 amide bonds. The summed E-state index contributed by atoms with van der Waals surface area (Å²) in [5.41, 5.74) is 0. The van der Waals surface area contributed by atoms with E-state index >= 15 is 0 Å². The molecule has 0 aliphatic rings. The zero-order valence-corrected chi connectivity index (χ0v) is 49.6. The molecular formula is C68H127NO5. The minimum absolute atomic E-state index is 0.00163. The van der Waals surface area contributed by atoms with Crippen LogP contribution in [0.4, 0.5) is 0 Å². The molecular weight excluding hydrogens is 911 g/mol. The third-order valence-electron chi connectivity index (χ3n) is 15.0. The first-order valence-electron chi connectivity index (χ1n) is 32.9. The van der Waals surface area contributed by atoms with Crippen LogP contribution in [0.3, 0.4) is 0 Å². The number of aliphatic hydroxyl groups excluding tert-OH is 2. The Morgan fingerprint density at radius 1 is 0.378 bits per heavy atom. The molecule has 0 radical (unpaired) electrons. The second-order valence-corrected chi connectivity index (χ2v) is 22.4. The van der Waals surface area contributed by atoms with Crippen LogP contribution in [0.2, 0.25) is 0 Å². The fourth-order valence-electron chi connectivity index (χ4n) is 10.0. The molecule has 0 saturated carbocycles. The topological polar surface area (TPSA) is 95.9 Å². The predicted molar refractivity (Wildman–Crippen MR) is 324 cm³/mol. The highest BCUT2D eigenvalue weighted by Crippen LogP contribution is 2.17. The molecule has 434 valence electrons. The highest BCUT2D eigenvalue weighted by atomic mass is 16.5. The molecule has 0 aromatic carbocycles. The number of hydrogen-bond acceptors (Lipinski definition) is 5. The van der Waals surface area contributed by atoms with E-state index in [4.69, 9.17) is 4.74 Å². The van der Waals surface area contributed by atoms with Gasteiger partial charge in [-0.3, -0.25) is 9.59 Å². The highest BCUT2D eigenvalue weighted by Gasteiger charge is 2.18. The zero-order chi connectivity index (χ0) is 53.6. The first kappa shape index (κ1) is 71.8. The number of allylic oxidation sites excluding steroid dienone is 7. The second-order valence-electron chi connectivity index (χ2n) is 22.4. The number of amides is 1. The third kappa shape index (κ3) is 59.1. The molecule has 0 rings (SSSR count). The summed E-state index contributed by atoms with van der Waals surface area (Å²) in [4.78, 5) is 24.5. The lowest BCUT2D eigenvalue weighted by Crippen LogP contribution is -2.45. The van der Waals surface area contributed by atoms with Crippen molar-refractivity contribution in [1.82, 2.24) is 5.32 Å². The Labute approximate surface area is 461 Å². The number of esters is 1. The van der Waals surface area contributed by atoms with E-state index in [1.54, 1.807) is 6.08 Å². The Hall–Kier alpha value is -2.18. The van der Waals surface area contributed by atoms with Crippen molar-refractivity contribution < 1.29 is 24.5 Å². The summed E-state index contributed by atoms with van der Waals surface area (Å²) in [5.74, 6) is -0.0696. The number of carbonyl (C=O) groups is 2. The Morgan fingerprint density at radius 2 is 0.703 bits per heavy atom. The first-order valence-corrected chi connectivity index (χ1v) is 32.9. The van der Waals surface area contributed by atoms with Crippen molar-refractivity contribution in [1.29, 1.82) is 0 Å². The number of rotatable bonds is 61. The van der Waals surface area contributed by atoms with Gasteiger partial charge >= 0.3 is 5.97 Å². The van der Waals surface area contributed by atoms with Gasteiger partial charge in [0.25, 0.3) is 0 Å². The van der Waals surface area contributed by atoms with Gasteiger partial charge < -0.3 is 20.3 Å². The SMILES string of the molecule is CCC/C=C\C/C=C\CCCCCCCC(=O)OCCCCCCCCCCCCCC/C=C\CCCCCCCCCCCCC(=O)NC(CO)C(O)/C=C/CCCCCCCCCCCCCCCCCC. The number of ether oxygens (including phenoxy) is 1. The van der Waals surface area contributed by atoms with Gasteiger partial charge in [0.15, 0.2) is 0 Å². The predicted octanol–water partition coefficient (Wildman–Crippen LogP) is 20.9. The van der Waals surface area contributed by atoms with Gasteiger partial charge in [0.1, 0.15) is 0 Å². The Morgan fingerprint density at radius 3 is 1.09 bits per heavy atom. The smallest absolute Gasteiger partial charge is 0.305 e. The van der Waals surface area contributed by atoms with Crippen molar-refractivity contribution in [2.45, 2.75) is 360 Å². The zero-order valence-electron chi connectivity index (χ0n) is 49.6. The Balaban J connectivity index is 3.43. The monoisotopic (exact) mass is 1040 g/mol. The van der Waals surface area contributed by atoms with Crippen LogP contribution in [-0.4, -0.2) is 47.4 Å². The molecule has 0 aliphatic heterocycles. The molecule has 0 aromatic heterocycles. The fourth-order valence-corrected chi connectivity index (χ4v) is 10.0. The Bertz CT molecular complexity index is 1240. The number of carbonyl (C=O) groups excluding carboxylic acids is 2. The summed E-state index contributed by atoms with van der Waals surface area (Å²) in [6.45, 7) is 4.85. The van der Waals surface area contributed by atoms with Gasteiger partial charge in [-0.05, 0) is 83.5 Å². The maximum Gasteiger partial charge on any atom is 0.305 e. The summed E-state index contributed by atoms with van der Waals surface area (Å²) in [6, 6.07) is -0.630. The van der Waals surface area contributed by atoms with Gasteiger partial charge in [-0.1, -0.05) is 300 Å². The molecule has 6 nitrogen and oxygen atoms in total. The lowest BCUT2D eigenvalue weighted by molar-refractivity contribution is -0.143. The van der Waals surface area contributed by atoms with Crippen LogP contribution in [0.5, 0.6) is 0 Å². The second kappa shape index (κ2) is 63.4. The van der Waals surface area contributed by atoms with Crippen LogP contribution in [-0.2, 0) is 14.3 Å². The van der Waals surface area contributed by atoms with Gasteiger partial charge in [0, 0.05) is 12.8 Å². The molecule has 0 aliphatic carbocycles. The van der Waals surface area contributed by atoms with Crippen molar-refractivity contribution in [3.8, 4) is 0 Å². The molecule has 0 spiro atoms. The van der Waals surface area contributed by atoms with Crippen molar-refractivity contribution in [2.24, 2.45) is 0 Å². The van der Waals surface area contributed by atoms with Crippen LogP contribution in [0.15, 0.2) is 48.6 Å². The van der Waals surface area contributed by atoms with Gasteiger partial charge in [-0.15, -0.1) is 0 Å². The van der Waals surface area contributed by atoms with Crippen molar-refractivity contribution >= 4 is 11.9 Å². The number of aliphatic hydroxyl groups is 2. The van der Waals surface area contributed by atoms with E-state index in [9.17, 15) is 19.8 Å². The summed E-state index contributed by atoms with van der Waals surface area (Å²) in [6.07, 6.45) is 81.7. The standard InChI is InChI=1S/C68H127NO5/c1-3-5-7-9-11-13-15-17-18-19-30-33-37-40-44-48-52-56-60-66(71)65(64-70)69-67(72)61-57-53-49-45-41-38-34-31-28-26-24-22-20-21-23-25-27-29-32-35-39-43-47-51-55-59-63-74-68(73)62-58-54-50-46-42-36-16-14-12-10-8-6-4-2/h8,10,14,16,20,22,56,60,65-66,70-71H,3-7,9,11-13,15,17-19,21,23-55,57-59,61-64H2,1-2H3,(H,69,72)/b10-8-,16-14-,22-20-,60-56+. The molecule has 0 fully saturated rings. The number of nitrogens with one attached hydrogen (secondary N) is 1. The quantitative estimate of drug-likeness (QED) is 0.0320. The van der Waals surface area contributed by atoms with E-state index < -0.39 is 12.1 Å². The van der Waals surface area contributed by atoms with Crippen LogP contribution >= 0.6 is 0 Å². The summed E-state index contributed by atoms with van der Waals surface area (Å²) in [7, 11) is 0. The van der Waals surface area contributed by atoms with Crippen molar-refractivity contribution in [2.75, 3.05) is 13.2 Å². The lowest BCUT2D eigenvalue weighted by Gasteiger charge is -2.20. The van der Waals surface area contributed by atoms with E-state index in [0.717, 1.165) is 51.4 Å². The highest BCUT2D eigenvalue weighted by molar-refractivity contribution is 5.76. The van der Waals surface area contributed by atoms with Crippen LogP contribution in [0.25, 0.3) is 0 Å². The molecule has 74 heavy (non-hydrogen) atoms. The van der Waals surface area contributed by atoms with Crippen molar-refractivity contribution in [3.63, 3.8) is 0 Å². The summed E-state index contributed by atoms with van der Waals surface area (Å²) in [5, 5.41) is 23.2. The van der Waals surface area contributed by atoms with E-state index in [2.05, 4.69) is 55.6 Å². The molecule has 0 heterocycles. The van der Waals surface area contributed by atoms with Gasteiger partial charge in [0.2, 0.25) is 5.91 Å².